The fraction of sp³-hybridized carbons (Fsp3) is 0.130. The van der Waals surface area contributed by atoms with Crippen LogP contribution in [-0.2, 0) is 15.1 Å². The van der Waals surface area contributed by atoms with Gasteiger partial charge in [0.1, 0.15) is 24.5 Å². The van der Waals surface area contributed by atoms with Gasteiger partial charge in [0.15, 0.2) is 0 Å². The Labute approximate surface area is 158 Å². The lowest BCUT2D eigenvalue weighted by molar-refractivity contribution is -0.111. The Morgan fingerprint density at radius 3 is 1.56 bits per heavy atom. The number of aldehydes is 1. The Hall–Kier alpha value is -3.40. The van der Waals surface area contributed by atoms with Crippen molar-refractivity contribution in [3.8, 4) is 0 Å². The molecule has 0 aliphatic carbocycles. The van der Waals surface area contributed by atoms with Crippen LogP contribution in [0.3, 0.4) is 0 Å². The maximum absolute atomic E-state index is 12.9. The molecule has 0 spiro atoms. The molecule has 1 heterocycles. The molecule has 1 fully saturated rings. The number of hydrogen-bond acceptors (Lipinski definition) is 3. The average molecular weight is 357 g/mol. The van der Waals surface area contributed by atoms with Gasteiger partial charge >= 0.3 is 6.09 Å². The molecule has 0 saturated carbocycles. The standard InChI is InChI=1S/C23H19NO3/c25-16-21-17-27-22(26)24(21)23(18-10-4-1-5-11-18,19-12-6-2-7-13-19)20-14-8-3-9-15-20/h1-16,21H,17H2/t21-/m1/s1. The summed E-state index contributed by atoms with van der Waals surface area (Å²) in [6, 6.07) is 28.6. The summed E-state index contributed by atoms with van der Waals surface area (Å²) in [7, 11) is 0. The molecule has 1 amide bonds. The summed E-state index contributed by atoms with van der Waals surface area (Å²) in [4.78, 5) is 26.3. The third kappa shape index (κ3) is 2.70. The van der Waals surface area contributed by atoms with Crippen molar-refractivity contribution in [3.63, 3.8) is 0 Å². The Balaban J connectivity index is 2.10. The molecular weight excluding hydrogens is 338 g/mol. The number of hydrogen-bond donors (Lipinski definition) is 0. The summed E-state index contributed by atoms with van der Waals surface area (Å²) in [6.07, 6.45) is 0.290. The molecule has 4 rings (SSSR count). The number of benzene rings is 3. The van der Waals surface area contributed by atoms with Gasteiger partial charge < -0.3 is 9.53 Å². The van der Waals surface area contributed by atoms with E-state index in [4.69, 9.17) is 4.74 Å². The van der Waals surface area contributed by atoms with Crippen LogP contribution in [0, 0.1) is 0 Å². The van der Waals surface area contributed by atoms with Gasteiger partial charge in [-0.1, -0.05) is 91.0 Å². The van der Waals surface area contributed by atoms with Crippen molar-refractivity contribution in [1.29, 1.82) is 0 Å². The Kier molecular flexibility index (Phi) is 4.47. The molecule has 0 N–H and O–H groups in total. The lowest BCUT2D eigenvalue weighted by Crippen LogP contribution is -2.53. The van der Waals surface area contributed by atoms with Crippen molar-refractivity contribution >= 4 is 12.4 Å². The lowest BCUT2D eigenvalue weighted by Gasteiger charge is -2.43. The molecule has 0 aromatic heterocycles. The van der Waals surface area contributed by atoms with Gasteiger partial charge in [0.05, 0.1) is 0 Å². The van der Waals surface area contributed by atoms with Crippen molar-refractivity contribution in [2.75, 3.05) is 6.61 Å². The van der Waals surface area contributed by atoms with Crippen molar-refractivity contribution in [3.05, 3.63) is 108 Å². The highest BCUT2D eigenvalue weighted by molar-refractivity contribution is 5.80. The molecule has 1 saturated heterocycles. The van der Waals surface area contributed by atoms with Gasteiger partial charge in [-0.25, -0.2) is 4.79 Å². The van der Waals surface area contributed by atoms with Crippen LogP contribution in [0.5, 0.6) is 0 Å². The number of ether oxygens (including phenoxy) is 1. The quantitative estimate of drug-likeness (QED) is 0.512. The fourth-order valence-electron chi connectivity index (χ4n) is 3.88. The Morgan fingerprint density at radius 2 is 1.19 bits per heavy atom. The van der Waals surface area contributed by atoms with Crippen molar-refractivity contribution < 1.29 is 14.3 Å². The highest BCUT2D eigenvalue weighted by Crippen LogP contribution is 2.44. The molecule has 4 heteroatoms. The van der Waals surface area contributed by atoms with Gasteiger partial charge in [-0.2, -0.15) is 0 Å². The molecule has 134 valence electrons. The minimum Gasteiger partial charge on any atom is -0.447 e. The molecule has 1 aliphatic rings. The van der Waals surface area contributed by atoms with E-state index in [0.717, 1.165) is 23.0 Å². The molecule has 0 bridgehead atoms. The second-order valence-electron chi connectivity index (χ2n) is 6.46. The van der Waals surface area contributed by atoms with Gasteiger partial charge in [-0.3, -0.25) is 4.90 Å². The largest absolute Gasteiger partial charge is 0.447 e. The number of carbonyl (C=O) groups is 2. The van der Waals surface area contributed by atoms with E-state index in [1.54, 1.807) is 4.90 Å². The zero-order valence-corrected chi connectivity index (χ0v) is 14.7. The summed E-state index contributed by atoms with van der Waals surface area (Å²) < 4.78 is 5.30. The van der Waals surface area contributed by atoms with E-state index in [9.17, 15) is 9.59 Å². The lowest BCUT2D eigenvalue weighted by atomic mass is 9.75. The molecule has 1 aliphatic heterocycles. The number of rotatable bonds is 5. The molecule has 27 heavy (non-hydrogen) atoms. The predicted octanol–water partition coefficient (Wildman–Crippen LogP) is 4.00. The second kappa shape index (κ2) is 7.08. The Morgan fingerprint density at radius 1 is 0.778 bits per heavy atom. The van der Waals surface area contributed by atoms with Crippen molar-refractivity contribution in [2.24, 2.45) is 0 Å². The first-order chi connectivity index (χ1) is 13.3. The van der Waals surface area contributed by atoms with Gasteiger partial charge in [-0.05, 0) is 16.7 Å². The topological polar surface area (TPSA) is 46.6 Å². The van der Waals surface area contributed by atoms with E-state index in [1.807, 2.05) is 91.0 Å². The molecule has 0 radical (unpaired) electrons. The summed E-state index contributed by atoms with van der Waals surface area (Å²) in [5.74, 6) is 0. The van der Waals surface area contributed by atoms with Crippen LogP contribution in [0.4, 0.5) is 4.79 Å². The SMILES string of the molecule is O=C[C@@H]1COC(=O)N1C(c1ccccc1)(c1ccccc1)c1ccccc1. The van der Waals surface area contributed by atoms with Crippen LogP contribution in [0.1, 0.15) is 16.7 Å². The zero-order chi connectivity index (χ0) is 18.7. The maximum atomic E-state index is 12.9. The fourth-order valence-corrected chi connectivity index (χ4v) is 3.88. The highest BCUT2D eigenvalue weighted by Gasteiger charge is 2.51. The summed E-state index contributed by atoms with van der Waals surface area (Å²) >= 11 is 0. The van der Waals surface area contributed by atoms with E-state index in [-0.39, 0.29) is 6.61 Å². The van der Waals surface area contributed by atoms with Crippen LogP contribution in [-0.4, -0.2) is 29.9 Å². The number of nitrogens with zero attached hydrogens (tertiary/aromatic N) is 1. The first kappa shape index (κ1) is 17.0. The van der Waals surface area contributed by atoms with Gasteiger partial charge in [0, 0.05) is 0 Å². The van der Waals surface area contributed by atoms with Crippen LogP contribution in [0.2, 0.25) is 0 Å². The highest BCUT2D eigenvalue weighted by atomic mass is 16.6. The van der Waals surface area contributed by atoms with Crippen LogP contribution < -0.4 is 0 Å². The monoisotopic (exact) mass is 357 g/mol. The molecule has 4 nitrogen and oxygen atoms in total. The first-order valence-corrected chi connectivity index (χ1v) is 8.86. The smallest absolute Gasteiger partial charge is 0.411 e. The Bertz CT molecular complexity index is 829. The number of cyclic esters (lactones) is 1. The predicted molar refractivity (Wildman–Crippen MR) is 102 cm³/mol. The van der Waals surface area contributed by atoms with Crippen LogP contribution in [0.15, 0.2) is 91.0 Å². The van der Waals surface area contributed by atoms with Crippen LogP contribution >= 0.6 is 0 Å². The first-order valence-electron chi connectivity index (χ1n) is 8.86. The van der Waals surface area contributed by atoms with E-state index < -0.39 is 17.7 Å². The average Bonchev–Trinajstić information content (AvgIpc) is 3.12. The third-order valence-corrected chi connectivity index (χ3v) is 5.00. The van der Waals surface area contributed by atoms with Gasteiger partial charge in [0.25, 0.3) is 0 Å². The zero-order valence-electron chi connectivity index (χ0n) is 14.7. The third-order valence-electron chi connectivity index (χ3n) is 5.00. The maximum Gasteiger partial charge on any atom is 0.411 e. The minimum atomic E-state index is -0.969. The summed E-state index contributed by atoms with van der Waals surface area (Å²) in [5.41, 5.74) is 1.72. The van der Waals surface area contributed by atoms with Crippen molar-refractivity contribution in [1.82, 2.24) is 4.90 Å². The minimum absolute atomic E-state index is 0.0522. The van der Waals surface area contributed by atoms with E-state index >= 15 is 0 Å². The normalized spacial score (nSPS) is 16.8. The summed E-state index contributed by atoms with van der Waals surface area (Å²) in [6.45, 7) is 0.0522. The second-order valence-corrected chi connectivity index (χ2v) is 6.46. The number of carbonyl (C=O) groups excluding carboxylic acids is 2. The van der Waals surface area contributed by atoms with Gasteiger partial charge in [-0.15, -0.1) is 0 Å². The molecule has 1 atom stereocenters. The number of amides is 1. The molecular formula is C23H19NO3. The van der Waals surface area contributed by atoms with Crippen LogP contribution in [0.25, 0.3) is 0 Å². The molecule has 3 aromatic rings. The van der Waals surface area contributed by atoms with Gasteiger partial charge in [0.2, 0.25) is 0 Å². The van der Waals surface area contributed by atoms with Crippen molar-refractivity contribution in [2.45, 2.75) is 11.6 Å². The summed E-state index contributed by atoms with van der Waals surface area (Å²) in [5, 5.41) is 0. The molecule has 0 unspecified atom stereocenters. The van der Waals surface area contributed by atoms with E-state index in [1.165, 1.54) is 0 Å². The van der Waals surface area contributed by atoms with E-state index in [2.05, 4.69) is 0 Å². The molecule has 3 aromatic carbocycles. The van der Waals surface area contributed by atoms with E-state index in [0.29, 0.717) is 0 Å².